The molecule has 1 aliphatic carbocycles. The summed E-state index contributed by atoms with van der Waals surface area (Å²) < 4.78 is 1.22. The van der Waals surface area contributed by atoms with E-state index >= 15 is 0 Å². The number of hydrogen-bond acceptors (Lipinski definition) is 3. The molecule has 0 spiro atoms. The zero-order chi connectivity index (χ0) is 11.6. The van der Waals surface area contributed by atoms with E-state index in [4.69, 9.17) is 0 Å². The standard InChI is InChI=1S/C11H16N2O2S/c1-13-8-7-12-10(13)16-11(9(14)15)5-3-2-4-6-11/h7-8H,2-6H2,1H3,(H,14,15). The minimum atomic E-state index is -0.694. The van der Waals surface area contributed by atoms with Gasteiger partial charge in [0.2, 0.25) is 0 Å². The van der Waals surface area contributed by atoms with Crippen molar-refractivity contribution in [3.05, 3.63) is 12.4 Å². The van der Waals surface area contributed by atoms with E-state index in [1.165, 1.54) is 11.8 Å². The average molecular weight is 240 g/mol. The van der Waals surface area contributed by atoms with Crippen molar-refractivity contribution >= 4 is 17.7 Å². The van der Waals surface area contributed by atoms with Gasteiger partial charge in [0.05, 0.1) is 0 Å². The third-order valence-electron chi connectivity index (χ3n) is 3.11. The molecule has 0 atom stereocenters. The van der Waals surface area contributed by atoms with E-state index in [9.17, 15) is 9.90 Å². The molecule has 0 radical (unpaired) electrons. The van der Waals surface area contributed by atoms with E-state index in [0.29, 0.717) is 0 Å². The molecule has 5 heteroatoms. The van der Waals surface area contributed by atoms with Crippen molar-refractivity contribution in [3.8, 4) is 0 Å². The first-order valence-electron chi connectivity index (χ1n) is 5.54. The van der Waals surface area contributed by atoms with Crippen LogP contribution in [0, 0.1) is 0 Å². The smallest absolute Gasteiger partial charge is 0.320 e. The molecule has 0 bridgehead atoms. The molecule has 0 aliphatic heterocycles. The van der Waals surface area contributed by atoms with Gasteiger partial charge in [-0.05, 0) is 12.8 Å². The Labute approximate surface area is 99.1 Å². The molecule has 1 aromatic rings. The second-order valence-electron chi connectivity index (χ2n) is 4.28. The molecule has 1 aliphatic rings. The molecule has 0 amide bonds. The fraction of sp³-hybridized carbons (Fsp3) is 0.636. The fourth-order valence-electron chi connectivity index (χ4n) is 2.11. The van der Waals surface area contributed by atoms with Crippen molar-refractivity contribution in [2.24, 2.45) is 7.05 Å². The van der Waals surface area contributed by atoms with Gasteiger partial charge >= 0.3 is 5.97 Å². The van der Waals surface area contributed by atoms with E-state index in [-0.39, 0.29) is 0 Å². The Kier molecular flexibility index (Phi) is 3.23. The number of aromatic nitrogens is 2. The van der Waals surface area contributed by atoms with Crippen molar-refractivity contribution in [1.29, 1.82) is 0 Å². The first-order valence-corrected chi connectivity index (χ1v) is 6.35. The van der Waals surface area contributed by atoms with Crippen LogP contribution in [0.4, 0.5) is 0 Å². The van der Waals surface area contributed by atoms with E-state index in [1.807, 2.05) is 17.8 Å². The molecule has 1 aromatic heterocycles. The predicted molar refractivity (Wildman–Crippen MR) is 62.5 cm³/mol. The molecular formula is C11H16N2O2S. The van der Waals surface area contributed by atoms with Crippen LogP contribution in [0.1, 0.15) is 32.1 Å². The highest BCUT2D eigenvalue weighted by Crippen LogP contribution is 2.43. The number of aliphatic carboxylic acids is 1. The summed E-state index contributed by atoms with van der Waals surface area (Å²) in [5.74, 6) is -0.694. The lowest BCUT2D eigenvalue weighted by Crippen LogP contribution is -2.37. The highest BCUT2D eigenvalue weighted by Gasteiger charge is 2.41. The van der Waals surface area contributed by atoms with Crippen molar-refractivity contribution in [2.75, 3.05) is 0 Å². The molecule has 1 saturated carbocycles. The molecule has 0 saturated heterocycles. The first-order chi connectivity index (χ1) is 7.64. The second-order valence-corrected chi connectivity index (χ2v) is 5.63. The first kappa shape index (κ1) is 11.5. The predicted octanol–water partition coefficient (Wildman–Crippen LogP) is 2.30. The summed E-state index contributed by atoms with van der Waals surface area (Å²) in [5, 5.41) is 10.2. The van der Waals surface area contributed by atoms with E-state index < -0.39 is 10.7 Å². The van der Waals surface area contributed by atoms with Crippen LogP contribution in [0.5, 0.6) is 0 Å². The largest absolute Gasteiger partial charge is 0.480 e. The SMILES string of the molecule is Cn1ccnc1SC1(C(=O)O)CCCCC1. The zero-order valence-electron chi connectivity index (χ0n) is 9.35. The van der Waals surface area contributed by atoms with Gasteiger partial charge in [0.25, 0.3) is 0 Å². The Bertz CT molecular complexity index is 383. The van der Waals surface area contributed by atoms with E-state index in [1.54, 1.807) is 6.20 Å². The van der Waals surface area contributed by atoms with Gasteiger partial charge < -0.3 is 9.67 Å². The molecule has 0 aromatic carbocycles. The number of imidazole rings is 1. The van der Waals surface area contributed by atoms with Crippen LogP contribution in [0.25, 0.3) is 0 Å². The number of nitrogens with zero attached hydrogens (tertiary/aromatic N) is 2. The van der Waals surface area contributed by atoms with Gasteiger partial charge in [-0.25, -0.2) is 4.98 Å². The van der Waals surface area contributed by atoms with Gasteiger partial charge in [-0.3, -0.25) is 4.79 Å². The molecule has 4 nitrogen and oxygen atoms in total. The van der Waals surface area contributed by atoms with Crippen LogP contribution in [0.3, 0.4) is 0 Å². The molecule has 2 rings (SSSR count). The summed E-state index contributed by atoms with van der Waals surface area (Å²) in [7, 11) is 1.90. The summed E-state index contributed by atoms with van der Waals surface area (Å²) in [6.45, 7) is 0. The van der Waals surface area contributed by atoms with Crippen LogP contribution in [0.2, 0.25) is 0 Å². The van der Waals surface area contributed by atoms with Gasteiger partial charge in [0, 0.05) is 19.4 Å². The number of aryl methyl sites for hydroxylation is 1. The van der Waals surface area contributed by atoms with Crippen LogP contribution in [0.15, 0.2) is 17.6 Å². The van der Waals surface area contributed by atoms with E-state index in [2.05, 4.69) is 4.98 Å². The minimum absolute atomic E-state index is 0.655. The van der Waals surface area contributed by atoms with Gasteiger partial charge in [-0.2, -0.15) is 0 Å². The fourth-order valence-corrected chi connectivity index (χ4v) is 3.36. The lowest BCUT2D eigenvalue weighted by atomic mass is 9.88. The van der Waals surface area contributed by atoms with Gasteiger partial charge in [-0.1, -0.05) is 31.0 Å². The van der Waals surface area contributed by atoms with Crippen LogP contribution >= 0.6 is 11.8 Å². The topological polar surface area (TPSA) is 55.1 Å². The monoisotopic (exact) mass is 240 g/mol. The number of hydrogen-bond donors (Lipinski definition) is 1. The molecule has 16 heavy (non-hydrogen) atoms. The summed E-state index contributed by atoms with van der Waals surface area (Å²) in [5.41, 5.74) is 0. The highest BCUT2D eigenvalue weighted by molar-refractivity contribution is 8.01. The number of carboxylic acids is 1. The Balaban J connectivity index is 2.20. The summed E-state index contributed by atoms with van der Waals surface area (Å²) >= 11 is 1.41. The normalized spacial score (nSPS) is 19.6. The molecule has 1 N–H and O–H groups in total. The highest BCUT2D eigenvalue weighted by atomic mass is 32.2. The van der Waals surface area contributed by atoms with Gasteiger partial charge in [0.1, 0.15) is 4.75 Å². The maximum atomic E-state index is 11.5. The number of rotatable bonds is 3. The summed E-state index contributed by atoms with van der Waals surface area (Å²) in [4.78, 5) is 15.7. The Morgan fingerprint density at radius 1 is 1.50 bits per heavy atom. The zero-order valence-corrected chi connectivity index (χ0v) is 10.2. The molecule has 1 fully saturated rings. The average Bonchev–Trinajstić information content (AvgIpc) is 2.65. The lowest BCUT2D eigenvalue weighted by Gasteiger charge is -2.31. The lowest BCUT2D eigenvalue weighted by molar-refractivity contribution is -0.140. The van der Waals surface area contributed by atoms with Crippen molar-refractivity contribution in [2.45, 2.75) is 42.0 Å². The van der Waals surface area contributed by atoms with Crippen molar-refractivity contribution in [3.63, 3.8) is 0 Å². The van der Waals surface area contributed by atoms with Crippen molar-refractivity contribution in [1.82, 2.24) is 9.55 Å². The molecular weight excluding hydrogens is 224 g/mol. The van der Waals surface area contributed by atoms with Crippen LogP contribution in [-0.4, -0.2) is 25.4 Å². The number of thioether (sulfide) groups is 1. The Morgan fingerprint density at radius 3 is 2.69 bits per heavy atom. The summed E-state index contributed by atoms with van der Waals surface area (Å²) in [6.07, 6.45) is 8.21. The van der Waals surface area contributed by atoms with E-state index in [0.717, 1.165) is 37.3 Å². The third-order valence-corrected chi connectivity index (χ3v) is 4.66. The molecule has 88 valence electrons. The summed E-state index contributed by atoms with van der Waals surface area (Å²) in [6, 6.07) is 0. The quantitative estimate of drug-likeness (QED) is 0.880. The minimum Gasteiger partial charge on any atom is -0.480 e. The third kappa shape index (κ3) is 2.09. The maximum absolute atomic E-state index is 11.5. The maximum Gasteiger partial charge on any atom is 0.320 e. The van der Waals surface area contributed by atoms with Crippen LogP contribution in [-0.2, 0) is 11.8 Å². The van der Waals surface area contributed by atoms with Gasteiger partial charge in [-0.15, -0.1) is 0 Å². The number of carboxylic acid groups (broad SMARTS) is 1. The number of carbonyl (C=O) groups is 1. The Hall–Kier alpha value is -0.970. The second kappa shape index (κ2) is 4.49. The Morgan fingerprint density at radius 2 is 2.19 bits per heavy atom. The van der Waals surface area contributed by atoms with Crippen LogP contribution < -0.4 is 0 Å². The molecule has 1 heterocycles. The van der Waals surface area contributed by atoms with Crippen molar-refractivity contribution < 1.29 is 9.90 Å². The van der Waals surface area contributed by atoms with Gasteiger partial charge in [0.15, 0.2) is 5.16 Å². The molecule has 0 unspecified atom stereocenters.